The molecule has 0 atom stereocenters. The first-order valence-electron chi connectivity index (χ1n) is 6.28. The van der Waals surface area contributed by atoms with E-state index in [-0.39, 0.29) is 11.1 Å². The average molecular weight is 283 g/mol. The van der Waals surface area contributed by atoms with Gasteiger partial charge in [-0.3, -0.25) is 0 Å². The fourth-order valence-electron chi connectivity index (χ4n) is 1.96. The van der Waals surface area contributed by atoms with Gasteiger partial charge in [-0.15, -0.1) is 0 Å². The molecule has 0 saturated heterocycles. The second-order valence-corrected chi connectivity index (χ2v) is 4.26. The number of nitrogens with zero attached hydrogens (tertiary/aromatic N) is 1. The molecule has 0 saturated carbocycles. The quantitative estimate of drug-likeness (QED) is 0.631. The molecule has 2 aromatic carbocycles. The molecule has 0 spiro atoms. The molecule has 106 valence electrons. The van der Waals surface area contributed by atoms with Gasteiger partial charge in [0.15, 0.2) is 0 Å². The van der Waals surface area contributed by atoms with E-state index in [9.17, 15) is 9.65 Å². The number of nitriles is 1. The normalized spacial score (nSPS) is 10.9. The van der Waals surface area contributed by atoms with Gasteiger partial charge in [-0.2, -0.15) is 5.26 Å². The lowest BCUT2D eigenvalue weighted by molar-refractivity contribution is 0.402. The molecule has 4 heteroatoms. The van der Waals surface area contributed by atoms with E-state index >= 15 is 0 Å². The summed E-state index contributed by atoms with van der Waals surface area (Å²) in [6, 6.07) is 13.4. The summed E-state index contributed by atoms with van der Waals surface area (Å²) in [6.45, 7) is 0. The minimum Gasteiger partial charge on any atom is -0.497 e. The maximum absolute atomic E-state index is 13.8. The van der Waals surface area contributed by atoms with Gasteiger partial charge in [0.2, 0.25) is 0 Å². The highest BCUT2D eigenvalue weighted by molar-refractivity contribution is 5.91. The van der Waals surface area contributed by atoms with Crippen molar-refractivity contribution in [1.82, 2.24) is 0 Å². The predicted octanol–water partition coefficient (Wildman–Crippen LogP) is 3.91. The first-order valence-corrected chi connectivity index (χ1v) is 6.28. The van der Waals surface area contributed by atoms with E-state index in [4.69, 9.17) is 9.47 Å². The summed E-state index contributed by atoms with van der Waals surface area (Å²) in [5, 5.41) is 9.30. The van der Waals surface area contributed by atoms with Gasteiger partial charge in [0.1, 0.15) is 17.3 Å². The Kier molecular flexibility index (Phi) is 4.57. The minimum absolute atomic E-state index is 0.222. The first kappa shape index (κ1) is 14.6. The summed E-state index contributed by atoms with van der Waals surface area (Å²) < 4.78 is 24.2. The van der Waals surface area contributed by atoms with Crippen molar-refractivity contribution in [2.75, 3.05) is 14.2 Å². The van der Waals surface area contributed by atoms with E-state index in [0.29, 0.717) is 17.1 Å². The number of methoxy groups -OCH3 is 2. The molecular formula is C17H14FNO2. The summed E-state index contributed by atoms with van der Waals surface area (Å²) in [5.41, 5.74) is 1.13. The molecule has 0 radical (unpaired) electrons. The molecule has 2 rings (SSSR count). The van der Waals surface area contributed by atoms with E-state index in [0.717, 1.165) is 0 Å². The molecule has 0 heterocycles. The third-order valence-electron chi connectivity index (χ3n) is 3.02. The topological polar surface area (TPSA) is 42.2 Å². The summed E-state index contributed by atoms with van der Waals surface area (Å²) in [4.78, 5) is 0. The number of hydrogen-bond acceptors (Lipinski definition) is 3. The second kappa shape index (κ2) is 6.58. The van der Waals surface area contributed by atoms with Crippen LogP contribution in [0.25, 0.3) is 11.6 Å². The van der Waals surface area contributed by atoms with Crippen LogP contribution in [0.5, 0.6) is 11.5 Å². The highest BCUT2D eigenvalue weighted by atomic mass is 19.1. The SMILES string of the molecule is COc1ccc(OC)c(/C=C(/C#N)c2ccccc2F)c1. The van der Waals surface area contributed by atoms with Crippen LogP contribution in [0.4, 0.5) is 4.39 Å². The highest BCUT2D eigenvalue weighted by Gasteiger charge is 2.09. The molecule has 0 aliphatic heterocycles. The van der Waals surface area contributed by atoms with E-state index in [1.807, 2.05) is 6.07 Å². The monoisotopic (exact) mass is 283 g/mol. The van der Waals surface area contributed by atoms with Crippen molar-refractivity contribution < 1.29 is 13.9 Å². The number of hydrogen-bond donors (Lipinski definition) is 0. The molecule has 0 fully saturated rings. The van der Waals surface area contributed by atoms with Crippen LogP contribution in [0.1, 0.15) is 11.1 Å². The maximum atomic E-state index is 13.8. The van der Waals surface area contributed by atoms with Crippen molar-refractivity contribution in [2.24, 2.45) is 0 Å². The molecule has 0 N–H and O–H groups in total. The fraction of sp³-hybridized carbons (Fsp3) is 0.118. The molecule has 0 bridgehead atoms. The molecule has 21 heavy (non-hydrogen) atoms. The number of halogens is 1. The Morgan fingerprint density at radius 3 is 2.52 bits per heavy atom. The number of ether oxygens (including phenoxy) is 2. The Labute approximate surface area is 122 Å². The third-order valence-corrected chi connectivity index (χ3v) is 3.02. The Morgan fingerprint density at radius 1 is 1.14 bits per heavy atom. The van der Waals surface area contributed by atoms with Crippen LogP contribution >= 0.6 is 0 Å². The zero-order valence-electron chi connectivity index (χ0n) is 11.8. The third kappa shape index (κ3) is 3.21. The van der Waals surface area contributed by atoms with Gasteiger partial charge in [0.25, 0.3) is 0 Å². The summed E-state index contributed by atoms with van der Waals surface area (Å²) in [7, 11) is 3.09. The number of benzene rings is 2. The van der Waals surface area contributed by atoms with Crippen LogP contribution in [0.15, 0.2) is 42.5 Å². The Hall–Kier alpha value is -2.80. The van der Waals surface area contributed by atoms with Crippen molar-refractivity contribution in [3.63, 3.8) is 0 Å². The van der Waals surface area contributed by atoms with Gasteiger partial charge in [0.05, 0.1) is 25.9 Å². The van der Waals surface area contributed by atoms with Gasteiger partial charge < -0.3 is 9.47 Å². The average Bonchev–Trinajstić information content (AvgIpc) is 2.53. The molecule has 0 aromatic heterocycles. The summed E-state index contributed by atoms with van der Waals surface area (Å²) in [5.74, 6) is 0.778. The van der Waals surface area contributed by atoms with Crippen LogP contribution in [0, 0.1) is 17.1 Å². The summed E-state index contributed by atoms with van der Waals surface area (Å²) in [6.07, 6.45) is 1.58. The molecular weight excluding hydrogens is 269 g/mol. The fourth-order valence-corrected chi connectivity index (χ4v) is 1.96. The largest absolute Gasteiger partial charge is 0.497 e. The zero-order chi connectivity index (χ0) is 15.2. The van der Waals surface area contributed by atoms with Crippen LogP contribution in [-0.2, 0) is 0 Å². The van der Waals surface area contributed by atoms with Crippen molar-refractivity contribution >= 4 is 11.6 Å². The van der Waals surface area contributed by atoms with E-state index in [1.54, 1.807) is 49.6 Å². The van der Waals surface area contributed by atoms with Crippen LogP contribution in [0.2, 0.25) is 0 Å². The lowest BCUT2D eigenvalue weighted by atomic mass is 10.0. The van der Waals surface area contributed by atoms with Crippen molar-refractivity contribution in [1.29, 1.82) is 5.26 Å². The van der Waals surface area contributed by atoms with Crippen molar-refractivity contribution in [2.45, 2.75) is 0 Å². The van der Waals surface area contributed by atoms with E-state index < -0.39 is 5.82 Å². The van der Waals surface area contributed by atoms with E-state index in [1.165, 1.54) is 13.2 Å². The number of rotatable bonds is 4. The van der Waals surface area contributed by atoms with Gasteiger partial charge in [-0.05, 0) is 30.3 Å². The van der Waals surface area contributed by atoms with Crippen molar-refractivity contribution in [3.05, 3.63) is 59.4 Å². The lowest BCUT2D eigenvalue weighted by Gasteiger charge is -2.08. The highest BCUT2D eigenvalue weighted by Crippen LogP contribution is 2.28. The van der Waals surface area contributed by atoms with Crippen LogP contribution in [0.3, 0.4) is 0 Å². The smallest absolute Gasteiger partial charge is 0.131 e. The van der Waals surface area contributed by atoms with Crippen molar-refractivity contribution in [3.8, 4) is 17.6 Å². The predicted molar refractivity (Wildman–Crippen MR) is 79.4 cm³/mol. The van der Waals surface area contributed by atoms with Gasteiger partial charge in [0, 0.05) is 11.1 Å². The van der Waals surface area contributed by atoms with Crippen LogP contribution < -0.4 is 9.47 Å². The van der Waals surface area contributed by atoms with Crippen LogP contribution in [-0.4, -0.2) is 14.2 Å². The number of allylic oxidation sites excluding steroid dienone is 1. The van der Waals surface area contributed by atoms with Gasteiger partial charge >= 0.3 is 0 Å². The standard InChI is InChI=1S/C17H14FNO2/c1-20-14-7-8-17(21-2)12(10-14)9-13(11-19)15-5-3-4-6-16(15)18/h3-10H,1-2H3/b13-9-. The maximum Gasteiger partial charge on any atom is 0.131 e. The Morgan fingerprint density at radius 2 is 1.90 bits per heavy atom. The Bertz CT molecular complexity index is 717. The second-order valence-electron chi connectivity index (χ2n) is 4.26. The molecule has 0 unspecified atom stereocenters. The molecule has 0 amide bonds. The molecule has 0 aliphatic carbocycles. The molecule has 2 aromatic rings. The molecule has 3 nitrogen and oxygen atoms in total. The van der Waals surface area contributed by atoms with E-state index in [2.05, 4.69) is 0 Å². The minimum atomic E-state index is -0.438. The Balaban J connectivity index is 2.55. The van der Waals surface area contributed by atoms with Gasteiger partial charge in [-0.1, -0.05) is 18.2 Å². The molecule has 0 aliphatic rings. The zero-order valence-corrected chi connectivity index (χ0v) is 11.8. The van der Waals surface area contributed by atoms with Gasteiger partial charge in [-0.25, -0.2) is 4.39 Å². The summed E-state index contributed by atoms with van der Waals surface area (Å²) >= 11 is 0. The lowest BCUT2D eigenvalue weighted by Crippen LogP contribution is -1.92. The first-order chi connectivity index (χ1) is 10.2.